The molecule has 0 aliphatic carbocycles. The molecule has 310 valence electrons. The van der Waals surface area contributed by atoms with E-state index in [2.05, 4.69) is 15.3 Å². The van der Waals surface area contributed by atoms with Crippen LogP contribution < -0.4 is 5.32 Å². The van der Waals surface area contributed by atoms with Crippen LogP contribution in [0.3, 0.4) is 0 Å². The molecule has 15 nitrogen and oxygen atoms in total. The van der Waals surface area contributed by atoms with Crippen molar-refractivity contribution in [2.75, 3.05) is 20.7 Å². The highest BCUT2D eigenvalue weighted by atomic mass is 19.1. The number of fused-ring (bicyclic) bond motifs is 2. The number of esters is 1. The van der Waals surface area contributed by atoms with Crippen LogP contribution in [0.15, 0.2) is 24.7 Å². The Morgan fingerprint density at radius 2 is 1.80 bits per heavy atom. The van der Waals surface area contributed by atoms with Gasteiger partial charge in [-0.2, -0.15) is 0 Å². The van der Waals surface area contributed by atoms with Crippen molar-refractivity contribution in [3.05, 3.63) is 30.2 Å². The first kappa shape index (κ1) is 43.3. The Bertz CT molecular complexity index is 1820. The maximum atomic E-state index is 17.5. The van der Waals surface area contributed by atoms with Gasteiger partial charge < -0.3 is 43.6 Å². The molecule has 0 aromatic carbocycles. The van der Waals surface area contributed by atoms with Crippen LogP contribution in [0.5, 0.6) is 0 Å². The third-order valence-corrected chi connectivity index (χ3v) is 11.8. The number of carbonyl (C=O) groups is 4. The number of halogens is 1. The predicted octanol–water partition coefficient (Wildman–Crippen LogP) is 3.94. The normalized spacial score (nSPS) is 39.0. The number of ketones is 2. The summed E-state index contributed by atoms with van der Waals surface area (Å²) in [7, 11) is 5.48. The average Bonchev–Trinajstić information content (AvgIpc) is 3.67. The first-order valence-corrected chi connectivity index (χ1v) is 19.3. The minimum atomic E-state index is -2.63. The molecule has 3 fully saturated rings. The molecule has 56 heavy (non-hydrogen) atoms. The number of aryl methyl sites for hydroxylation is 1. The topological polar surface area (TPSA) is 181 Å². The summed E-state index contributed by atoms with van der Waals surface area (Å²) in [6.45, 7) is 12.0. The van der Waals surface area contributed by atoms with Gasteiger partial charge in [-0.15, -0.1) is 0 Å². The van der Waals surface area contributed by atoms with E-state index in [1.165, 1.54) is 27.7 Å². The molecule has 5 rings (SSSR count). The lowest BCUT2D eigenvalue weighted by molar-refractivity contribution is -0.297. The number of alkyl halides is 1. The summed E-state index contributed by atoms with van der Waals surface area (Å²) in [5.74, 6) is -6.07. The summed E-state index contributed by atoms with van der Waals surface area (Å²) in [6, 6.07) is 0.367. The molecule has 1 amide bonds. The molecule has 0 saturated carbocycles. The van der Waals surface area contributed by atoms with Gasteiger partial charge in [0.1, 0.15) is 23.6 Å². The van der Waals surface area contributed by atoms with E-state index in [1.807, 2.05) is 39.0 Å². The van der Waals surface area contributed by atoms with Gasteiger partial charge in [-0.25, -0.2) is 19.2 Å². The average molecular weight is 788 g/mol. The highest BCUT2D eigenvalue weighted by Gasteiger charge is 2.59. The number of rotatable bonds is 8. The van der Waals surface area contributed by atoms with Crippen LogP contribution in [-0.4, -0.2) is 129 Å². The van der Waals surface area contributed by atoms with E-state index < -0.39 is 95.3 Å². The molecule has 0 spiro atoms. The van der Waals surface area contributed by atoms with Gasteiger partial charge in [0.15, 0.2) is 34.8 Å². The number of imidazole rings is 1. The van der Waals surface area contributed by atoms with E-state index >= 15 is 4.39 Å². The van der Waals surface area contributed by atoms with Gasteiger partial charge in [0, 0.05) is 37.5 Å². The Morgan fingerprint density at radius 3 is 2.46 bits per heavy atom. The van der Waals surface area contributed by atoms with E-state index in [1.54, 1.807) is 43.1 Å². The van der Waals surface area contributed by atoms with Crippen LogP contribution in [0, 0.1) is 17.8 Å². The summed E-state index contributed by atoms with van der Waals surface area (Å²) in [6.07, 6.45) is 0.641. The molecule has 0 bridgehead atoms. The molecule has 3 aliphatic heterocycles. The monoisotopic (exact) mass is 787 g/mol. The van der Waals surface area contributed by atoms with Crippen molar-refractivity contribution in [1.82, 2.24) is 24.8 Å². The third-order valence-electron chi connectivity index (χ3n) is 11.8. The van der Waals surface area contributed by atoms with E-state index in [9.17, 15) is 24.3 Å². The van der Waals surface area contributed by atoms with Gasteiger partial charge in [-0.05, 0) is 73.2 Å². The van der Waals surface area contributed by atoms with E-state index in [0.29, 0.717) is 17.6 Å². The Morgan fingerprint density at radius 1 is 1.11 bits per heavy atom. The molecular weight excluding hydrogens is 729 g/mol. The first-order valence-electron chi connectivity index (χ1n) is 19.3. The second-order valence-corrected chi connectivity index (χ2v) is 16.6. The zero-order valence-corrected chi connectivity index (χ0v) is 34.3. The number of nitrogens with one attached hydrogen (secondary N) is 1. The number of hydrogen-bond acceptors (Lipinski definition) is 13. The molecular formula is C40H58FN5O10. The zero-order valence-electron chi connectivity index (χ0n) is 34.3. The van der Waals surface area contributed by atoms with Crippen molar-refractivity contribution in [1.29, 1.82) is 0 Å². The van der Waals surface area contributed by atoms with Crippen molar-refractivity contribution < 1.29 is 52.4 Å². The molecule has 2 N–H and O–H groups in total. The Kier molecular flexibility index (Phi) is 12.8. The van der Waals surface area contributed by atoms with Crippen LogP contribution in [0.1, 0.15) is 80.2 Å². The summed E-state index contributed by atoms with van der Waals surface area (Å²) in [5.41, 5.74) is -3.87. The number of Topliss-reactive ketones (excluding diaryl/α,β-unsaturated/α-hetero) is 2. The van der Waals surface area contributed by atoms with Gasteiger partial charge in [0.2, 0.25) is 0 Å². The number of aliphatic hydroxyl groups is 1. The summed E-state index contributed by atoms with van der Waals surface area (Å²) in [4.78, 5) is 65.9. The SMILES string of the molecule is CC[C@H]1OC(=O)[C@H](C)C(=O)[C@H](C)[C@@H](O[C@@H]2O[C@H](C)C[C@H](N(C)C)[C@H]2O)[C@](C)(OC/C=C/c2cnc3c(c2)ncn3C)C[C@](C)(F)C(=O)[C@H](C)[C@@H]2NC(=O)O[C@]12C. The molecule has 3 aliphatic rings. The number of amides is 1. The van der Waals surface area contributed by atoms with Gasteiger partial charge in [-0.3, -0.25) is 14.4 Å². The molecule has 5 heterocycles. The van der Waals surface area contributed by atoms with Crippen LogP contribution >= 0.6 is 0 Å². The van der Waals surface area contributed by atoms with Gasteiger partial charge in [-0.1, -0.05) is 32.9 Å². The number of alkyl carbamates (subject to hydrolysis) is 1. The minimum absolute atomic E-state index is 0.136. The van der Waals surface area contributed by atoms with E-state index in [4.69, 9.17) is 23.7 Å². The van der Waals surface area contributed by atoms with Gasteiger partial charge in [0.05, 0.1) is 36.8 Å². The molecule has 16 heteroatoms. The fraction of sp³-hybridized carbons (Fsp3) is 0.700. The number of ether oxygens (including phenoxy) is 5. The van der Waals surface area contributed by atoms with Crippen molar-refractivity contribution in [2.24, 2.45) is 24.8 Å². The third kappa shape index (κ3) is 8.54. The number of nitrogens with zero attached hydrogens (tertiary/aromatic N) is 4. The molecule has 0 unspecified atom stereocenters. The Labute approximate surface area is 327 Å². The van der Waals surface area contributed by atoms with E-state index in [0.717, 1.165) is 12.5 Å². The number of pyridine rings is 1. The fourth-order valence-electron chi connectivity index (χ4n) is 8.70. The smallest absolute Gasteiger partial charge is 0.408 e. The lowest BCUT2D eigenvalue weighted by Gasteiger charge is -2.48. The van der Waals surface area contributed by atoms with Crippen molar-refractivity contribution >= 4 is 40.9 Å². The van der Waals surface area contributed by atoms with Crippen LogP contribution in [0.2, 0.25) is 0 Å². The van der Waals surface area contributed by atoms with Crippen molar-refractivity contribution in [3.63, 3.8) is 0 Å². The van der Waals surface area contributed by atoms with Crippen LogP contribution in [0.25, 0.3) is 17.2 Å². The molecule has 2 aromatic heterocycles. The quantitative estimate of drug-likeness (QED) is 0.291. The molecule has 2 aromatic rings. The Hall–Kier alpha value is -3.83. The number of aromatic nitrogens is 3. The fourth-order valence-corrected chi connectivity index (χ4v) is 8.70. The molecule has 13 atom stereocenters. The number of carbonyl (C=O) groups excluding carboxylic acids is 4. The number of likely N-dealkylation sites (N-methyl/N-ethyl adjacent to an activating group) is 1. The van der Waals surface area contributed by atoms with E-state index in [-0.39, 0.29) is 25.2 Å². The highest BCUT2D eigenvalue weighted by Crippen LogP contribution is 2.42. The lowest BCUT2D eigenvalue weighted by atomic mass is 9.72. The highest BCUT2D eigenvalue weighted by molar-refractivity contribution is 6.00. The summed E-state index contributed by atoms with van der Waals surface area (Å²) in [5, 5.41) is 14.2. The van der Waals surface area contributed by atoms with Crippen molar-refractivity contribution in [3.8, 4) is 0 Å². The second-order valence-electron chi connectivity index (χ2n) is 16.6. The number of cyclic esters (lactones) is 1. The minimum Gasteiger partial charge on any atom is -0.458 e. The summed E-state index contributed by atoms with van der Waals surface area (Å²) < 4.78 is 50.1. The second kappa shape index (κ2) is 16.6. The molecule has 3 saturated heterocycles. The predicted molar refractivity (Wildman–Crippen MR) is 203 cm³/mol. The lowest BCUT2D eigenvalue weighted by Crippen LogP contribution is -2.62. The first-order chi connectivity index (χ1) is 26.1. The van der Waals surface area contributed by atoms with Crippen molar-refractivity contribution in [2.45, 2.75) is 134 Å². The van der Waals surface area contributed by atoms with Gasteiger partial charge in [0.25, 0.3) is 0 Å². The molecule has 0 radical (unpaired) electrons. The summed E-state index contributed by atoms with van der Waals surface area (Å²) >= 11 is 0. The standard InChI is InChI=1S/C40H58FN5O10/c1-12-28-40(8)31(44-37(51)56-40)24(5)32(49)38(6,41)19-39(7,52-15-13-14-25-17-26-34(42-18-25)46(11)20-43-26)33(22(3)29(47)23(4)35(50)54-28)55-36-30(48)27(45(9)10)16-21(2)53-36/h13-14,17-18,20-24,27-28,30-31,33,36,48H,12,15-16,19H2,1-11H3,(H,44,51)/b14-13+/t21-,22+,23-,24-,27+,28-,30-,31+,33-,36+,38+,39-,40-/m1/s1. The van der Waals surface area contributed by atoms with Crippen LogP contribution in [0.4, 0.5) is 9.18 Å². The largest absolute Gasteiger partial charge is 0.458 e. The number of hydrogen-bond donors (Lipinski definition) is 2. The Balaban J connectivity index is 1.59. The maximum absolute atomic E-state index is 17.5. The maximum Gasteiger partial charge on any atom is 0.408 e. The number of aliphatic hydroxyl groups excluding tert-OH is 1. The van der Waals surface area contributed by atoms with Gasteiger partial charge >= 0.3 is 12.1 Å². The zero-order chi connectivity index (χ0) is 41.5. The van der Waals surface area contributed by atoms with Crippen LogP contribution in [-0.2, 0) is 45.1 Å².